The fraction of sp³-hybridized carbons (Fsp3) is 0.385. The molecule has 0 bridgehead atoms. The molecule has 0 heterocycles. The van der Waals surface area contributed by atoms with Crippen LogP contribution >= 0.6 is 11.6 Å². The minimum atomic E-state index is -1.00. The first kappa shape index (κ1) is 15.5. The van der Waals surface area contributed by atoms with E-state index < -0.39 is 12.0 Å². The van der Waals surface area contributed by atoms with Gasteiger partial charge in [0.05, 0.1) is 17.3 Å². The van der Waals surface area contributed by atoms with E-state index in [1.807, 2.05) is 19.9 Å². The summed E-state index contributed by atoms with van der Waals surface area (Å²) in [4.78, 5) is 22.3. The number of halogens is 1. The second-order valence-corrected chi connectivity index (χ2v) is 4.83. The molecule has 1 aromatic rings. The van der Waals surface area contributed by atoms with Crippen LogP contribution in [-0.2, 0) is 9.59 Å². The molecule has 0 aliphatic heterocycles. The summed E-state index contributed by atoms with van der Waals surface area (Å²) in [6.07, 6.45) is 0. The topological polar surface area (TPSA) is 78.4 Å². The molecule has 19 heavy (non-hydrogen) atoms. The molecule has 0 fully saturated rings. The number of aliphatic carboxylic acids is 1. The van der Waals surface area contributed by atoms with Crippen LogP contribution in [0.25, 0.3) is 0 Å². The molecule has 0 saturated carbocycles. The van der Waals surface area contributed by atoms with Crippen LogP contribution < -0.4 is 10.6 Å². The number of hydrogen-bond donors (Lipinski definition) is 3. The van der Waals surface area contributed by atoms with Crippen molar-refractivity contribution in [1.82, 2.24) is 5.32 Å². The van der Waals surface area contributed by atoms with E-state index in [4.69, 9.17) is 16.7 Å². The van der Waals surface area contributed by atoms with Gasteiger partial charge in [-0.2, -0.15) is 0 Å². The van der Waals surface area contributed by atoms with Crippen LogP contribution in [0.1, 0.15) is 18.1 Å². The second kappa shape index (κ2) is 6.54. The lowest BCUT2D eigenvalue weighted by atomic mass is 10.1. The summed E-state index contributed by atoms with van der Waals surface area (Å²) in [5.74, 6) is -1.33. The molecule has 3 N–H and O–H groups in total. The molecular weight excluding hydrogens is 268 g/mol. The Kier molecular flexibility index (Phi) is 5.32. The number of carbonyl (C=O) groups is 2. The summed E-state index contributed by atoms with van der Waals surface area (Å²) in [5, 5.41) is 14.4. The zero-order valence-corrected chi connectivity index (χ0v) is 11.8. The minimum Gasteiger partial charge on any atom is -0.480 e. The van der Waals surface area contributed by atoms with Gasteiger partial charge in [-0.15, -0.1) is 0 Å². The first-order valence-electron chi connectivity index (χ1n) is 5.84. The lowest BCUT2D eigenvalue weighted by molar-refractivity contribution is -0.139. The molecule has 0 unspecified atom stereocenters. The zero-order valence-electron chi connectivity index (χ0n) is 11.1. The quantitative estimate of drug-likeness (QED) is 0.772. The number of carbonyl (C=O) groups excluding carboxylic acids is 1. The molecule has 1 atom stereocenters. The molecule has 0 saturated heterocycles. The van der Waals surface area contributed by atoms with Gasteiger partial charge in [-0.1, -0.05) is 17.7 Å². The number of carboxylic acids is 1. The van der Waals surface area contributed by atoms with Crippen LogP contribution in [0, 0.1) is 13.8 Å². The van der Waals surface area contributed by atoms with Crippen LogP contribution in [0.15, 0.2) is 12.1 Å². The summed E-state index contributed by atoms with van der Waals surface area (Å²) in [6, 6.07) is 2.90. The molecule has 0 radical (unpaired) electrons. The summed E-state index contributed by atoms with van der Waals surface area (Å²) in [7, 11) is 0. The smallest absolute Gasteiger partial charge is 0.320 e. The van der Waals surface area contributed by atoms with E-state index in [0.717, 1.165) is 11.1 Å². The van der Waals surface area contributed by atoms with Crippen LogP contribution in [0.5, 0.6) is 0 Å². The molecule has 0 aromatic heterocycles. The molecule has 0 aliphatic rings. The normalized spacial score (nSPS) is 12.0. The highest BCUT2D eigenvalue weighted by Gasteiger charge is 2.13. The molecule has 1 aromatic carbocycles. The predicted octanol–water partition coefficient (Wildman–Crippen LogP) is 1.96. The first-order valence-corrected chi connectivity index (χ1v) is 6.22. The second-order valence-electron chi connectivity index (χ2n) is 4.43. The average Bonchev–Trinajstić information content (AvgIpc) is 2.30. The van der Waals surface area contributed by atoms with Crippen molar-refractivity contribution in [3.8, 4) is 0 Å². The first-order chi connectivity index (χ1) is 8.81. The van der Waals surface area contributed by atoms with Gasteiger partial charge in [0, 0.05) is 0 Å². The number of rotatable bonds is 5. The van der Waals surface area contributed by atoms with Gasteiger partial charge in [-0.3, -0.25) is 14.9 Å². The van der Waals surface area contributed by atoms with Crippen molar-refractivity contribution in [2.75, 3.05) is 11.9 Å². The highest BCUT2D eigenvalue weighted by molar-refractivity contribution is 6.34. The monoisotopic (exact) mass is 284 g/mol. The number of anilines is 1. The molecule has 5 nitrogen and oxygen atoms in total. The maximum Gasteiger partial charge on any atom is 0.320 e. The fourth-order valence-electron chi connectivity index (χ4n) is 1.59. The zero-order chi connectivity index (χ0) is 14.6. The Morgan fingerprint density at radius 3 is 2.53 bits per heavy atom. The lowest BCUT2D eigenvalue weighted by Crippen LogP contribution is -2.39. The Morgan fingerprint density at radius 2 is 2.00 bits per heavy atom. The maximum atomic E-state index is 11.7. The van der Waals surface area contributed by atoms with Crippen molar-refractivity contribution in [2.24, 2.45) is 0 Å². The van der Waals surface area contributed by atoms with Crippen molar-refractivity contribution in [3.05, 3.63) is 28.3 Å². The van der Waals surface area contributed by atoms with Crippen LogP contribution in [-0.4, -0.2) is 29.6 Å². The van der Waals surface area contributed by atoms with Crippen LogP contribution in [0.3, 0.4) is 0 Å². The maximum absolute atomic E-state index is 11.7. The van der Waals surface area contributed by atoms with Gasteiger partial charge in [0.25, 0.3) is 0 Å². The van der Waals surface area contributed by atoms with E-state index in [9.17, 15) is 9.59 Å². The average molecular weight is 285 g/mol. The predicted molar refractivity (Wildman–Crippen MR) is 74.7 cm³/mol. The Morgan fingerprint density at radius 1 is 1.37 bits per heavy atom. The molecule has 1 amide bonds. The Hall–Kier alpha value is -1.59. The van der Waals surface area contributed by atoms with Crippen molar-refractivity contribution in [1.29, 1.82) is 0 Å². The fourth-order valence-corrected chi connectivity index (χ4v) is 1.96. The number of nitrogens with one attached hydrogen (secondary N) is 2. The number of benzene rings is 1. The lowest BCUT2D eigenvalue weighted by Gasteiger charge is -2.13. The molecule has 104 valence electrons. The van der Waals surface area contributed by atoms with Gasteiger partial charge in [0.15, 0.2) is 0 Å². The third-order valence-electron chi connectivity index (χ3n) is 2.64. The summed E-state index contributed by atoms with van der Waals surface area (Å²) >= 11 is 6.06. The third kappa shape index (κ3) is 4.54. The molecule has 0 spiro atoms. The number of carboxylic acid groups (broad SMARTS) is 1. The number of hydrogen-bond acceptors (Lipinski definition) is 3. The highest BCUT2D eigenvalue weighted by atomic mass is 35.5. The molecule has 1 rings (SSSR count). The number of amides is 1. The summed E-state index contributed by atoms with van der Waals surface area (Å²) in [6.45, 7) is 5.15. The SMILES string of the molecule is Cc1cc(C)c(NC(=O)CN[C@H](C)C(=O)O)c(Cl)c1. The Balaban J connectivity index is 2.65. The molecular formula is C13H17ClN2O3. The van der Waals surface area contributed by atoms with Gasteiger partial charge in [-0.25, -0.2) is 0 Å². The van der Waals surface area contributed by atoms with Gasteiger partial charge < -0.3 is 10.4 Å². The number of aryl methyl sites for hydroxylation is 2. The van der Waals surface area contributed by atoms with E-state index in [2.05, 4.69) is 10.6 Å². The standard InChI is InChI=1S/C13H17ClN2O3/c1-7-4-8(2)12(10(14)5-7)16-11(17)6-15-9(3)13(18)19/h4-5,9,15H,6H2,1-3H3,(H,16,17)(H,18,19)/t9-/m1/s1. The van der Waals surface area contributed by atoms with Gasteiger partial charge in [-0.05, 0) is 38.0 Å². The van der Waals surface area contributed by atoms with Crippen molar-refractivity contribution >= 4 is 29.2 Å². The van der Waals surface area contributed by atoms with E-state index in [1.54, 1.807) is 6.07 Å². The van der Waals surface area contributed by atoms with Gasteiger partial charge >= 0.3 is 5.97 Å². The van der Waals surface area contributed by atoms with Crippen LogP contribution in [0.2, 0.25) is 5.02 Å². The highest BCUT2D eigenvalue weighted by Crippen LogP contribution is 2.27. The van der Waals surface area contributed by atoms with E-state index in [-0.39, 0.29) is 12.5 Å². The summed E-state index contributed by atoms with van der Waals surface area (Å²) in [5.41, 5.74) is 2.44. The third-order valence-corrected chi connectivity index (χ3v) is 2.93. The minimum absolute atomic E-state index is 0.0862. The Labute approximate surface area is 117 Å². The molecule has 0 aliphatic carbocycles. The Bertz CT molecular complexity index is 480. The largest absolute Gasteiger partial charge is 0.480 e. The van der Waals surface area contributed by atoms with Gasteiger partial charge in [0.2, 0.25) is 5.91 Å². The van der Waals surface area contributed by atoms with E-state index >= 15 is 0 Å². The van der Waals surface area contributed by atoms with E-state index in [1.165, 1.54) is 6.92 Å². The van der Waals surface area contributed by atoms with Crippen molar-refractivity contribution < 1.29 is 14.7 Å². The van der Waals surface area contributed by atoms with Gasteiger partial charge in [0.1, 0.15) is 6.04 Å². The van der Waals surface area contributed by atoms with E-state index in [0.29, 0.717) is 10.7 Å². The van der Waals surface area contributed by atoms with Crippen molar-refractivity contribution in [3.63, 3.8) is 0 Å². The summed E-state index contributed by atoms with van der Waals surface area (Å²) < 4.78 is 0. The van der Waals surface area contributed by atoms with Crippen LogP contribution in [0.4, 0.5) is 5.69 Å². The van der Waals surface area contributed by atoms with Crippen molar-refractivity contribution in [2.45, 2.75) is 26.8 Å². The molecule has 6 heteroatoms.